The highest BCUT2D eigenvalue weighted by atomic mass is 79.9. The molecule has 0 aromatic heterocycles. The maximum atomic E-state index is 4.34. The molecule has 1 heterocycles. The van der Waals surface area contributed by atoms with Crippen LogP contribution in [0.2, 0.25) is 0 Å². The summed E-state index contributed by atoms with van der Waals surface area (Å²) >= 11 is 3.54. The smallest absolute Gasteiger partial charge is 0.195 e. The molecule has 0 aliphatic carbocycles. The molecule has 0 bridgehead atoms. The van der Waals surface area contributed by atoms with Gasteiger partial charge in [0.2, 0.25) is 0 Å². The van der Waals surface area contributed by atoms with Crippen molar-refractivity contribution in [2.45, 2.75) is 6.92 Å². The van der Waals surface area contributed by atoms with Crippen molar-refractivity contribution < 1.29 is 0 Å². The summed E-state index contributed by atoms with van der Waals surface area (Å²) in [6, 6.07) is 4.19. The van der Waals surface area contributed by atoms with Gasteiger partial charge in [-0.05, 0) is 24.6 Å². The van der Waals surface area contributed by atoms with E-state index >= 15 is 0 Å². The third kappa shape index (κ3) is 2.72. The van der Waals surface area contributed by atoms with Crippen LogP contribution in [0.4, 0.5) is 11.4 Å². The number of halogens is 1. The first kappa shape index (κ1) is 12.2. The predicted molar refractivity (Wildman–Crippen MR) is 77.1 cm³/mol. The summed E-state index contributed by atoms with van der Waals surface area (Å²) in [6.07, 6.45) is 0. The van der Waals surface area contributed by atoms with E-state index in [0.29, 0.717) is 0 Å². The zero-order valence-electron chi connectivity index (χ0n) is 10.3. The van der Waals surface area contributed by atoms with Gasteiger partial charge in [-0.15, -0.1) is 0 Å². The fourth-order valence-corrected chi connectivity index (χ4v) is 2.31. The first-order valence-electron chi connectivity index (χ1n) is 5.61. The highest BCUT2D eigenvalue weighted by molar-refractivity contribution is 9.10. The van der Waals surface area contributed by atoms with Crippen molar-refractivity contribution in [3.05, 3.63) is 22.2 Å². The summed E-state index contributed by atoms with van der Waals surface area (Å²) in [5, 5.41) is 6.54. The molecule has 1 aromatic carbocycles. The highest BCUT2D eigenvalue weighted by Gasteiger charge is 2.11. The van der Waals surface area contributed by atoms with Crippen LogP contribution >= 0.6 is 15.9 Å². The number of guanidine groups is 1. The Morgan fingerprint density at radius 3 is 2.76 bits per heavy atom. The normalized spacial score (nSPS) is 14.2. The lowest BCUT2D eigenvalue weighted by Gasteiger charge is -2.19. The standard InChI is InChI=1S/C12H17BrN4/c1-8-10(16-12-14-4-5-15-12)6-9(13)7-11(8)17(2)3/h6-7H,4-5H2,1-3H3,(H2,14,15,16). The second-order valence-electron chi connectivity index (χ2n) is 4.27. The monoisotopic (exact) mass is 296 g/mol. The number of hydrogen-bond acceptors (Lipinski definition) is 4. The van der Waals surface area contributed by atoms with E-state index in [1.807, 2.05) is 14.1 Å². The third-order valence-corrected chi connectivity index (χ3v) is 3.21. The van der Waals surface area contributed by atoms with Crippen LogP contribution < -0.4 is 15.5 Å². The maximum absolute atomic E-state index is 4.34. The van der Waals surface area contributed by atoms with Crippen molar-refractivity contribution >= 4 is 33.3 Å². The Bertz CT molecular complexity index is 454. The average molecular weight is 297 g/mol. The van der Waals surface area contributed by atoms with Crippen molar-refractivity contribution in [1.82, 2.24) is 5.32 Å². The van der Waals surface area contributed by atoms with Gasteiger partial charge in [-0.25, -0.2) is 0 Å². The number of aliphatic imine (C=N–C) groups is 1. The molecule has 0 unspecified atom stereocenters. The Balaban J connectivity index is 2.32. The van der Waals surface area contributed by atoms with Gasteiger partial charge < -0.3 is 15.5 Å². The molecule has 2 rings (SSSR count). The van der Waals surface area contributed by atoms with Crippen molar-refractivity contribution in [2.75, 3.05) is 37.4 Å². The van der Waals surface area contributed by atoms with Gasteiger partial charge in [0.25, 0.3) is 0 Å². The first-order chi connectivity index (χ1) is 8.08. The van der Waals surface area contributed by atoms with E-state index in [-0.39, 0.29) is 0 Å². The Hall–Kier alpha value is -1.23. The summed E-state index contributed by atoms with van der Waals surface area (Å²) in [5.74, 6) is 0.857. The Kier molecular flexibility index (Phi) is 3.57. The van der Waals surface area contributed by atoms with Crippen LogP contribution in [-0.2, 0) is 0 Å². The van der Waals surface area contributed by atoms with Crippen LogP contribution in [0.1, 0.15) is 5.56 Å². The number of hydrogen-bond donors (Lipinski definition) is 2. The minimum Gasteiger partial charge on any atom is -0.377 e. The second-order valence-corrected chi connectivity index (χ2v) is 5.19. The summed E-state index contributed by atoms with van der Waals surface area (Å²) in [6.45, 7) is 3.87. The lowest BCUT2D eigenvalue weighted by molar-refractivity contribution is 0.959. The van der Waals surface area contributed by atoms with Gasteiger partial charge in [0.1, 0.15) is 0 Å². The van der Waals surface area contributed by atoms with Gasteiger partial charge in [0.05, 0.1) is 6.54 Å². The van der Waals surface area contributed by atoms with Gasteiger partial charge in [-0.3, -0.25) is 4.99 Å². The molecule has 5 heteroatoms. The van der Waals surface area contributed by atoms with Crippen LogP contribution in [-0.4, -0.2) is 33.1 Å². The number of rotatable bonds is 2. The molecule has 4 nitrogen and oxygen atoms in total. The van der Waals surface area contributed by atoms with Gasteiger partial charge in [0, 0.05) is 36.5 Å². The molecule has 1 aromatic rings. The van der Waals surface area contributed by atoms with Crippen LogP contribution in [0.25, 0.3) is 0 Å². The fourth-order valence-electron chi connectivity index (χ4n) is 1.87. The molecule has 92 valence electrons. The average Bonchev–Trinajstić information content (AvgIpc) is 2.75. The second kappa shape index (κ2) is 4.96. The molecule has 0 radical (unpaired) electrons. The molecule has 0 saturated carbocycles. The maximum Gasteiger partial charge on any atom is 0.195 e. The molecule has 17 heavy (non-hydrogen) atoms. The molecule has 0 atom stereocenters. The van der Waals surface area contributed by atoms with Crippen molar-refractivity contribution in [3.63, 3.8) is 0 Å². The molecule has 0 amide bonds. The lowest BCUT2D eigenvalue weighted by Crippen LogP contribution is -2.26. The molecule has 2 N–H and O–H groups in total. The SMILES string of the molecule is Cc1c(NC2=NCCN2)cc(Br)cc1N(C)C. The molecule has 1 aliphatic rings. The molecule has 0 fully saturated rings. The molecule has 1 aliphatic heterocycles. The lowest BCUT2D eigenvalue weighted by atomic mass is 10.1. The zero-order chi connectivity index (χ0) is 12.4. The summed E-state index contributed by atoms with van der Waals surface area (Å²) in [7, 11) is 4.09. The topological polar surface area (TPSA) is 39.7 Å². The van der Waals surface area contributed by atoms with Crippen LogP contribution in [0.3, 0.4) is 0 Å². The number of nitrogens with zero attached hydrogens (tertiary/aromatic N) is 2. The van der Waals surface area contributed by atoms with E-state index < -0.39 is 0 Å². The minimum absolute atomic E-state index is 0.843. The van der Waals surface area contributed by atoms with Crippen molar-refractivity contribution in [1.29, 1.82) is 0 Å². The Labute approximate surface area is 110 Å². The molecular weight excluding hydrogens is 280 g/mol. The van der Waals surface area contributed by atoms with Crippen LogP contribution in [0, 0.1) is 6.92 Å². The molecular formula is C12H17BrN4. The van der Waals surface area contributed by atoms with Gasteiger partial charge in [-0.1, -0.05) is 15.9 Å². The minimum atomic E-state index is 0.843. The zero-order valence-corrected chi connectivity index (χ0v) is 11.9. The number of anilines is 2. The van der Waals surface area contributed by atoms with Crippen molar-refractivity contribution in [3.8, 4) is 0 Å². The quantitative estimate of drug-likeness (QED) is 0.879. The highest BCUT2D eigenvalue weighted by Crippen LogP contribution is 2.30. The summed E-state index contributed by atoms with van der Waals surface area (Å²) < 4.78 is 1.06. The number of nitrogens with one attached hydrogen (secondary N) is 2. The first-order valence-corrected chi connectivity index (χ1v) is 6.40. The fraction of sp³-hybridized carbons (Fsp3) is 0.417. The largest absolute Gasteiger partial charge is 0.377 e. The Morgan fingerprint density at radius 1 is 1.41 bits per heavy atom. The van der Waals surface area contributed by atoms with Crippen LogP contribution in [0.5, 0.6) is 0 Å². The van der Waals surface area contributed by atoms with E-state index in [1.54, 1.807) is 0 Å². The van der Waals surface area contributed by atoms with Gasteiger partial charge in [-0.2, -0.15) is 0 Å². The van der Waals surface area contributed by atoms with Gasteiger partial charge in [0.15, 0.2) is 5.96 Å². The summed E-state index contributed by atoms with van der Waals surface area (Å²) in [4.78, 5) is 6.45. The molecule has 0 spiro atoms. The van der Waals surface area contributed by atoms with E-state index in [2.05, 4.69) is 55.5 Å². The van der Waals surface area contributed by atoms with E-state index in [1.165, 1.54) is 11.3 Å². The van der Waals surface area contributed by atoms with Gasteiger partial charge >= 0.3 is 0 Å². The van der Waals surface area contributed by atoms with E-state index in [0.717, 1.165) is 29.2 Å². The molecule has 0 saturated heterocycles. The number of benzene rings is 1. The Morgan fingerprint density at radius 2 is 2.18 bits per heavy atom. The van der Waals surface area contributed by atoms with Crippen molar-refractivity contribution in [2.24, 2.45) is 4.99 Å². The van der Waals surface area contributed by atoms with Crippen LogP contribution in [0.15, 0.2) is 21.6 Å². The predicted octanol–water partition coefficient (Wildman–Crippen LogP) is 2.19. The van der Waals surface area contributed by atoms with E-state index in [4.69, 9.17) is 0 Å². The van der Waals surface area contributed by atoms with E-state index in [9.17, 15) is 0 Å². The third-order valence-electron chi connectivity index (χ3n) is 2.75. The summed E-state index contributed by atoms with van der Waals surface area (Å²) in [5.41, 5.74) is 3.49.